The van der Waals surface area contributed by atoms with Crippen molar-refractivity contribution in [2.24, 2.45) is 11.7 Å². The molecule has 1 fully saturated rings. The molecular formula is C12H27N3. The molecule has 1 rings (SSSR count). The van der Waals surface area contributed by atoms with E-state index >= 15 is 0 Å². The lowest BCUT2D eigenvalue weighted by atomic mass is 10.0. The summed E-state index contributed by atoms with van der Waals surface area (Å²) in [4.78, 5) is 4.86. The lowest BCUT2D eigenvalue weighted by Gasteiger charge is -2.31. The number of hydrogen-bond donors (Lipinski definition) is 1. The molecule has 0 radical (unpaired) electrons. The number of nitrogens with zero attached hydrogens (tertiary/aromatic N) is 2. The van der Waals surface area contributed by atoms with Crippen molar-refractivity contribution in [2.45, 2.75) is 38.8 Å². The van der Waals surface area contributed by atoms with Gasteiger partial charge in [0.2, 0.25) is 0 Å². The Bertz CT molecular complexity index is 170. The van der Waals surface area contributed by atoms with E-state index in [2.05, 4.69) is 37.7 Å². The summed E-state index contributed by atoms with van der Waals surface area (Å²) in [5.74, 6) is 0.770. The van der Waals surface area contributed by atoms with Gasteiger partial charge in [-0.2, -0.15) is 0 Å². The molecule has 90 valence electrons. The number of likely N-dealkylation sites (tertiary alicyclic amines) is 1. The van der Waals surface area contributed by atoms with E-state index in [1.165, 1.54) is 19.4 Å². The molecule has 3 heteroatoms. The van der Waals surface area contributed by atoms with E-state index < -0.39 is 0 Å². The first kappa shape index (κ1) is 12.9. The molecule has 1 heterocycles. The number of likely N-dealkylation sites (N-methyl/N-ethyl adjacent to an activating group) is 1. The standard InChI is InChI=1S/C12H27N3/c1-10(2)7-12(9-14(3)4)15-6-5-11(13)8-15/h10-12H,5-9,13H2,1-4H3. The van der Waals surface area contributed by atoms with Crippen LogP contribution in [0.3, 0.4) is 0 Å². The monoisotopic (exact) mass is 213 g/mol. The van der Waals surface area contributed by atoms with Crippen LogP contribution < -0.4 is 5.73 Å². The molecule has 0 bridgehead atoms. The predicted octanol–water partition coefficient (Wildman–Crippen LogP) is 0.996. The first-order valence-electron chi connectivity index (χ1n) is 6.13. The van der Waals surface area contributed by atoms with Crippen LogP contribution in [0.25, 0.3) is 0 Å². The van der Waals surface area contributed by atoms with Gasteiger partial charge in [-0.25, -0.2) is 0 Å². The van der Waals surface area contributed by atoms with E-state index in [0.717, 1.165) is 19.0 Å². The maximum Gasteiger partial charge on any atom is 0.0226 e. The van der Waals surface area contributed by atoms with Gasteiger partial charge in [-0.05, 0) is 32.9 Å². The lowest BCUT2D eigenvalue weighted by molar-refractivity contribution is 0.170. The fourth-order valence-corrected chi connectivity index (χ4v) is 2.45. The molecule has 0 aromatic rings. The third-order valence-corrected chi connectivity index (χ3v) is 3.09. The summed E-state index contributed by atoms with van der Waals surface area (Å²) in [6.07, 6.45) is 2.45. The Labute approximate surface area is 94.6 Å². The Morgan fingerprint density at radius 1 is 1.40 bits per heavy atom. The largest absolute Gasteiger partial charge is 0.326 e. The van der Waals surface area contributed by atoms with Gasteiger partial charge in [0.15, 0.2) is 0 Å². The van der Waals surface area contributed by atoms with Gasteiger partial charge < -0.3 is 10.6 Å². The SMILES string of the molecule is CC(C)CC(CN(C)C)N1CCC(N)C1. The van der Waals surface area contributed by atoms with Crippen molar-refractivity contribution in [1.29, 1.82) is 0 Å². The highest BCUT2D eigenvalue weighted by atomic mass is 15.2. The van der Waals surface area contributed by atoms with Crippen molar-refractivity contribution >= 4 is 0 Å². The van der Waals surface area contributed by atoms with Crippen LogP contribution in [0.2, 0.25) is 0 Å². The van der Waals surface area contributed by atoms with Gasteiger partial charge in [-0.3, -0.25) is 4.90 Å². The molecule has 2 atom stereocenters. The molecule has 15 heavy (non-hydrogen) atoms. The fraction of sp³-hybridized carbons (Fsp3) is 1.00. The molecule has 1 saturated heterocycles. The van der Waals surface area contributed by atoms with Crippen LogP contribution in [0.15, 0.2) is 0 Å². The van der Waals surface area contributed by atoms with Crippen LogP contribution in [-0.2, 0) is 0 Å². The van der Waals surface area contributed by atoms with Gasteiger partial charge in [0.25, 0.3) is 0 Å². The third-order valence-electron chi connectivity index (χ3n) is 3.09. The van der Waals surface area contributed by atoms with E-state index in [9.17, 15) is 0 Å². The highest BCUT2D eigenvalue weighted by Gasteiger charge is 2.26. The third kappa shape index (κ3) is 4.49. The van der Waals surface area contributed by atoms with Crippen LogP contribution in [0.4, 0.5) is 0 Å². The summed E-state index contributed by atoms with van der Waals surface area (Å²) < 4.78 is 0. The Kier molecular flexibility index (Phi) is 5.03. The molecule has 1 aliphatic rings. The average molecular weight is 213 g/mol. The molecule has 0 amide bonds. The van der Waals surface area contributed by atoms with Gasteiger partial charge in [0, 0.05) is 31.7 Å². The van der Waals surface area contributed by atoms with Gasteiger partial charge in [0.1, 0.15) is 0 Å². The van der Waals surface area contributed by atoms with E-state index in [1.54, 1.807) is 0 Å². The quantitative estimate of drug-likeness (QED) is 0.739. The summed E-state index contributed by atoms with van der Waals surface area (Å²) in [7, 11) is 4.31. The number of rotatable bonds is 5. The number of hydrogen-bond acceptors (Lipinski definition) is 3. The highest BCUT2D eigenvalue weighted by Crippen LogP contribution is 2.17. The van der Waals surface area contributed by atoms with Crippen molar-refractivity contribution in [1.82, 2.24) is 9.80 Å². The summed E-state index contributed by atoms with van der Waals surface area (Å²) >= 11 is 0. The van der Waals surface area contributed by atoms with E-state index in [-0.39, 0.29) is 0 Å². The van der Waals surface area contributed by atoms with Gasteiger partial charge in [0.05, 0.1) is 0 Å². The second-order valence-corrected chi connectivity index (χ2v) is 5.59. The molecule has 2 unspecified atom stereocenters. The molecule has 0 aliphatic carbocycles. The van der Waals surface area contributed by atoms with Crippen molar-refractivity contribution in [3.05, 3.63) is 0 Å². The Morgan fingerprint density at radius 3 is 2.47 bits per heavy atom. The highest BCUT2D eigenvalue weighted by molar-refractivity contribution is 4.84. The molecular weight excluding hydrogens is 186 g/mol. The van der Waals surface area contributed by atoms with Crippen molar-refractivity contribution < 1.29 is 0 Å². The molecule has 0 spiro atoms. The zero-order valence-electron chi connectivity index (χ0n) is 10.7. The Hall–Kier alpha value is -0.120. The van der Waals surface area contributed by atoms with Crippen molar-refractivity contribution in [3.63, 3.8) is 0 Å². The van der Waals surface area contributed by atoms with Gasteiger partial charge >= 0.3 is 0 Å². The zero-order chi connectivity index (χ0) is 11.4. The van der Waals surface area contributed by atoms with Crippen LogP contribution in [0.1, 0.15) is 26.7 Å². The Balaban J connectivity index is 2.47. The van der Waals surface area contributed by atoms with Gasteiger partial charge in [-0.15, -0.1) is 0 Å². The van der Waals surface area contributed by atoms with E-state index in [4.69, 9.17) is 5.73 Å². The maximum atomic E-state index is 5.97. The minimum Gasteiger partial charge on any atom is -0.326 e. The van der Waals surface area contributed by atoms with Gasteiger partial charge in [-0.1, -0.05) is 13.8 Å². The lowest BCUT2D eigenvalue weighted by Crippen LogP contribution is -2.42. The summed E-state index contributed by atoms with van der Waals surface area (Å²) in [6, 6.07) is 1.09. The minimum atomic E-state index is 0.404. The molecule has 0 aromatic carbocycles. The van der Waals surface area contributed by atoms with E-state index in [0.29, 0.717) is 12.1 Å². The molecule has 1 aliphatic heterocycles. The smallest absolute Gasteiger partial charge is 0.0226 e. The summed E-state index contributed by atoms with van der Waals surface area (Å²) in [5, 5.41) is 0. The van der Waals surface area contributed by atoms with Crippen molar-refractivity contribution in [3.8, 4) is 0 Å². The Morgan fingerprint density at radius 2 is 2.07 bits per heavy atom. The first-order valence-corrected chi connectivity index (χ1v) is 6.13. The zero-order valence-corrected chi connectivity index (χ0v) is 10.7. The van der Waals surface area contributed by atoms with Crippen LogP contribution in [-0.4, -0.2) is 55.6 Å². The number of nitrogens with two attached hydrogens (primary N) is 1. The maximum absolute atomic E-state index is 5.97. The predicted molar refractivity (Wildman–Crippen MR) is 66.0 cm³/mol. The molecule has 0 saturated carbocycles. The van der Waals surface area contributed by atoms with Crippen LogP contribution in [0, 0.1) is 5.92 Å². The summed E-state index contributed by atoms with van der Waals surface area (Å²) in [5.41, 5.74) is 5.97. The van der Waals surface area contributed by atoms with Crippen LogP contribution >= 0.6 is 0 Å². The second-order valence-electron chi connectivity index (χ2n) is 5.59. The molecule has 2 N–H and O–H groups in total. The van der Waals surface area contributed by atoms with Crippen LogP contribution in [0.5, 0.6) is 0 Å². The van der Waals surface area contributed by atoms with E-state index in [1.807, 2.05) is 0 Å². The van der Waals surface area contributed by atoms with Crippen molar-refractivity contribution in [2.75, 3.05) is 33.7 Å². The second kappa shape index (κ2) is 5.83. The summed E-state index contributed by atoms with van der Waals surface area (Å²) in [6.45, 7) is 8.04. The first-order chi connectivity index (χ1) is 6.99. The molecule has 3 nitrogen and oxygen atoms in total. The molecule has 0 aromatic heterocycles. The normalized spacial score (nSPS) is 25.4. The fourth-order valence-electron chi connectivity index (χ4n) is 2.45. The topological polar surface area (TPSA) is 32.5 Å². The minimum absolute atomic E-state index is 0.404. The average Bonchev–Trinajstić information content (AvgIpc) is 2.48.